The smallest absolute Gasteiger partial charge is 0.0987 e. The summed E-state index contributed by atoms with van der Waals surface area (Å²) >= 11 is 0. The third-order valence-corrected chi connectivity index (χ3v) is 1.56. The standard InChI is InChI=1S/C5H12N2O2/c8-3-1-5(2-4-9)6-7-5/h6-9H,1-4H2. The van der Waals surface area contributed by atoms with Gasteiger partial charge in [-0.25, -0.2) is 10.9 Å². The first-order valence-electron chi connectivity index (χ1n) is 3.09. The Kier molecular flexibility index (Phi) is 2.02. The number of hydrogen-bond donors (Lipinski definition) is 4. The van der Waals surface area contributed by atoms with E-state index in [-0.39, 0.29) is 18.9 Å². The van der Waals surface area contributed by atoms with Crippen LogP contribution in [0.5, 0.6) is 0 Å². The number of hydrogen-bond acceptors (Lipinski definition) is 4. The van der Waals surface area contributed by atoms with Crippen LogP contribution in [0.3, 0.4) is 0 Å². The van der Waals surface area contributed by atoms with E-state index in [0.717, 1.165) is 0 Å². The minimum atomic E-state index is -0.149. The van der Waals surface area contributed by atoms with Gasteiger partial charge in [-0.3, -0.25) is 0 Å². The predicted molar refractivity (Wildman–Crippen MR) is 32.4 cm³/mol. The quantitative estimate of drug-likeness (QED) is 0.353. The summed E-state index contributed by atoms with van der Waals surface area (Å²) in [5.41, 5.74) is 5.61. The van der Waals surface area contributed by atoms with E-state index in [9.17, 15) is 0 Å². The number of aliphatic hydroxyl groups excluding tert-OH is 2. The Morgan fingerprint density at radius 2 is 1.44 bits per heavy atom. The normalized spacial score (nSPS) is 22.0. The van der Waals surface area contributed by atoms with Gasteiger partial charge in [0.1, 0.15) is 0 Å². The molecule has 1 aliphatic heterocycles. The molecule has 9 heavy (non-hydrogen) atoms. The van der Waals surface area contributed by atoms with Crippen LogP contribution in [0.1, 0.15) is 12.8 Å². The molecule has 0 saturated carbocycles. The molecule has 1 fully saturated rings. The van der Waals surface area contributed by atoms with Gasteiger partial charge in [-0.15, -0.1) is 0 Å². The Bertz CT molecular complexity index is 85.0. The first-order chi connectivity index (χ1) is 4.33. The van der Waals surface area contributed by atoms with Crippen LogP contribution in [0.15, 0.2) is 0 Å². The maximum absolute atomic E-state index is 8.51. The fraction of sp³-hybridized carbons (Fsp3) is 1.00. The highest BCUT2D eigenvalue weighted by atomic mass is 16.3. The average molecular weight is 132 g/mol. The van der Waals surface area contributed by atoms with Gasteiger partial charge >= 0.3 is 0 Å². The summed E-state index contributed by atoms with van der Waals surface area (Å²) in [4.78, 5) is 0. The molecule has 0 bridgehead atoms. The lowest BCUT2D eigenvalue weighted by Gasteiger charge is -2.05. The van der Waals surface area contributed by atoms with Crippen LogP contribution in [0.2, 0.25) is 0 Å². The molecule has 0 aliphatic carbocycles. The highest BCUT2D eigenvalue weighted by molar-refractivity contribution is 4.93. The molecular formula is C5H12N2O2. The Hall–Kier alpha value is -0.160. The Balaban J connectivity index is 2.17. The summed E-state index contributed by atoms with van der Waals surface area (Å²) in [6.07, 6.45) is 1.32. The van der Waals surface area contributed by atoms with Crippen molar-refractivity contribution in [3.63, 3.8) is 0 Å². The van der Waals surface area contributed by atoms with Crippen molar-refractivity contribution in [1.29, 1.82) is 0 Å². The molecule has 0 amide bonds. The summed E-state index contributed by atoms with van der Waals surface area (Å²) in [5.74, 6) is 0. The van der Waals surface area contributed by atoms with Crippen molar-refractivity contribution in [1.82, 2.24) is 10.9 Å². The largest absolute Gasteiger partial charge is 0.396 e. The Labute approximate surface area is 53.9 Å². The molecule has 54 valence electrons. The topological polar surface area (TPSA) is 84.3 Å². The van der Waals surface area contributed by atoms with Crippen molar-refractivity contribution in [3.8, 4) is 0 Å². The SMILES string of the molecule is OCCC1(CCO)NN1. The van der Waals surface area contributed by atoms with E-state index in [4.69, 9.17) is 10.2 Å². The van der Waals surface area contributed by atoms with Gasteiger partial charge < -0.3 is 10.2 Å². The first-order valence-corrected chi connectivity index (χ1v) is 3.09. The number of hydrazine groups is 1. The number of nitrogens with one attached hydrogen (secondary N) is 2. The maximum atomic E-state index is 8.51. The second-order valence-electron chi connectivity index (χ2n) is 2.28. The van der Waals surface area contributed by atoms with Crippen molar-refractivity contribution < 1.29 is 10.2 Å². The van der Waals surface area contributed by atoms with E-state index in [1.54, 1.807) is 0 Å². The van der Waals surface area contributed by atoms with E-state index in [0.29, 0.717) is 12.8 Å². The lowest BCUT2D eigenvalue weighted by molar-refractivity contribution is 0.229. The van der Waals surface area contributed by atoms with Gasteiger partial charge in [0.25, 0.3) is 0 Å². The van der Waals surface area contributed by atoms with Crippen LogP contribution < -0.4 is 10.9 Å². The predicted octanol–water partition coefficient (Wildman–Crippen LogP) is -1.44. The molecular weight excluding hydrogens is 120 g/mol. The van der Waals surface area contributed by atoms with Crippen LogP contribution in [0, 0.1) is 0 Å². The molecule has 4 heteroatoms. The van der Waals surface area contributed by atoms with Gasteiger partial charge in [-0.1, -0.05) is 0 Å². The highest BCUT2D eigenvalue weighted by Crippen LogP contribution is 2.18. The van der Waals surface area contributed by atoms with E-state index in [2.05, 4.69) is 10.9 Å². The van der Waals surface area contributed by atoms with Gasteiger partial charge in [-0.2, -0.15) is 0 Å². The number of aliphatic hydroxyl groups is 2. The molecule has 1 aliphatic rings. The van der Waals surface area contributed by atoms with Crippen LogP contribution >= 0.6 is 0 Å². The van der Waals surface area contributed by atoms with Crippen LogP contribution in [0.4, 0.5) is 0 Å². The van der Waals surface area contributed by atoms with Gasteiger partial charge in [0.05, 0.1) is 5.66 Å². The second-order valence-corrected chi connectivity index (χ2v) is 2.28. The van der Waals surface area contributed by atoms with E-state index in [1.165, 1.54) is 0 Å². The zero-order valence-corrected chi connectivity index (χ0v) is 5.22. The highest BCUT2D eigenvalue weighted by Gasteiger charge is 2.39. The van der Waals surface area contributed by atoms with E-state index in [1.807, 2.05) is 0 Å². The lowest BCUT2D eigenvalue weighted by Crippen LogP contribution is -2.20. The van der Waals surface area contributed by atoms with Gasteiger partial charge in [-0.05, 0) is 0 Å². The van der Waals surface area contributed by atoms with Crippen molar-refractivity contribution in [2.24, 2.45) is 0 Å². The molecule has 0 spiro atoms. The second kappa shape index (κ2) is 2.62. The minimum Gasteiger partial charge on any atom is -0.396 e. The van der Waals surface area contributed by atoms with Gasteiger partial charge in [0.15, 0.2) is 0 Å². The monoisotopic (exact) mass is 132 g/mol. The minimum absolute atomic E-state index is 0.149. The summed E-state index contributed by atoms with van der Waals surface area (Å²) in [7, 11) is 0. The molecule has 0 aromatic heterocycles. The Morgan fingerprint density at radius 1 is 1.00 bits per heavy atom. The maximum Gasteiger partial charge on any atom is 0.0987 e. The third kappa shape index (κ3) is 1.62. The molecule has 1 saturated heterocycles. The lowest BCUT2D eigenvalue weighted by atomic mass is 10.1. The van der Waals surface area contributed by atoms with Crippen molar-refractivity contribution in [2.45, 2.75) is 18.5 Å². The summed E-state index contributed by atoms with van der Waals surface area (Å²) < 4.78 is 0. The number of rotatable bonds is 4. The molecule has 4 nitrogen and oxygen atoms in total. The summed E-state index contributed by atoms with van der Waals surface area (Å²) in [5, 5.41) is 17.0. The molecule has 0 radical (unpaired) electrons. The van der Waals surface area contributed by atoms with E-state index < -0.39 is 0 Å². The molecule has 4 N–H and O–H groups in total. The van der Waals surface area contributed by atoms with Gasteiger partial charge in [0, 0.05) is 26.1 Å². The summed E-state index contributed by atoms with van der Waals surface area (Å²) in [6, 6.07) is 0. The average Bonchev–Trinajstić information content (AvgIpc) is 2.51. The fourth-order valence-electron chi connectivity index (χ4n) is 0.845. The van der Waals surface area contributed by atoms with Crippen molar-refractivity contribution >= 4 is 0 Å². The van der Waals surface area contributed by atoms with Gasteiger partial charge in [0.2, 0.25) is 0 Å². The Morgan fingerprint density at radius 3 is 1.67 bits per heavy atom. The molecule has 0 unspecified atom stereocenters. The molecule has 0 aromatic rings. The van der Waals surface area contributed by atoms with Crippen LogP contribution in [0.25, 0.3) is 0 Å². The van der Waals surface area contributed by atoms with Crippen molar-refractivity contribution in [3.05, 3.63) is 0 Å². The zero-order chi connectivity index (χ0) is 6.74. The molecule has 0 atom stereocenters. The fourth-order valence-corrected chi connectivity index (χ4v) is 0.845. The van der Waals surface area contributed by atoms with E-state index >= 15 is 0 Å². The van der Waals surface area contributed by atoms with Crippen LogP contribution in [-0.4, -0.2) is 29.1 Å². The molecule has 0 aromatic carbocycles. The zero-order valence-electron chi connectivity index (χ0n) is 5.22. The molecule has 1 rings (SSSR count). The molecule has 1 heterocycles. The van der Waals surface area contributed by atoms with Crippen molar-refractivity contribution in [2.75, 3.05) is 13.2 Å². The summed E-state index contributed by atoms with van der Waals surface area (Å²) in [6.45, 7) is 0.306. The third-order valence-electron chi connectivity index (χ3n) is 1.56. The first kappa shape index (κ1) is 6.95. The van der Waals surface area contributed by atoms with Crippen LogP contribution in [-0.2, 0) is 0 Å².